The van der Waals surface area contributed by atoms with Crippen molar-refractivity contribution in [3.8, 4) is 39.2 Å². The molecule has 2 saturated heterocycles. The lowest BCUT2D eigenvalue weighted by Gasteiger charge is -2.60. The van der Waals surface area contributed by atoms with Gasteiger partial charge in [-0.1, -0.05) is 63.1 Å². The Balaban J connectivity index is 0.000000150. The topological polar surface area (TPSA) is 341 Å². The molecule has 2 aliphatic heterocycles. The number of allylic oxidation sites excluding steroid dienone is 4. The van der Waals surface area contributed by atoms with Crippen molar-refractivity contribution in [2.75, 3.05) is 32.8 Å². The highest BCUT2D eigenvalue weighted by atomic mass is 35.5. The van der Waals surface area contributed by atoms with Crippen LogP contribution in [0.15, 0.2) is 115 Å². The Morgan fingerprint density at radius 1 is 0.816 bits per heavy atom. The van der Waals surface area contributed by atoms with Crippen molar-refractivity contribution >= 4 is 68.5 Å². The van der Waals surface area contributed by atoms with E-state index in [-0.39, 0.29) is 111 Å². The Morgan fingerprint density at radius 3 is 2.11 bits per heavy atom. The van der Waals surface area contributed by atoms with Gasteiger partial charge in [-0.15, -0.1) is 23.7 Å². The minimum atomic E-state index is -1.97. The lowest BCUT2D eigenvalue weighted by atomic mass is 9.45. The van der Waals surface area contributed by atoms with Gasteiger partial charge < -0.3 is 65.9 Å². The van der Waals surface area contributed by atoms with Gasteiger partial charge in [-0.3, -0.25) is 33.7 Å². The normalized spacial score (nSPS) is 30.6. The van der Waals surface area contributed by atoms with E-state index in [9.17, 15) is 74.7 Å². The fourth-order valence-corrected chi connectivity index (χ4v) is 18.5. The Bertz CT molecular complexity index is 4170. The number of rotatable bonds is 12. The van der Waals surface area contributed by atoms with Gasteiger partial charge in [0.2, 0.25) is 0 Å². The summed E-state index contributed by atoms with van der Waals surface area (Å²) < 4.78 is 18.5. The molecule has 3 heterocycles. The van der Waals surface area contributed by atoms with Crippen LogP contribution in [0.2, 0.25) is 0 Å². The van der Waals surface area contributed by atoms with Gasteiger partial charge in [0.05, 0.1) is 35.5 Å². The molecule has 3 saturated carbocycles. The molecule has 11 N–H and O–H groups in total. The zero-order chi connectivity index (χ0) is 69.4. The van der Waals surface area contributed by atoms with Crippen molar-refractivity contribution in [3.63, 3.8) is 0 Å². The molecule has 0 spiro atoms. The fourth-order valence-electron chi connectivity index (χ4n) is 17.2. The summed E-state index contributed by atoms with van der Waals surface area (Å²) in [7, 11) is 0. The molecule has 0 amide bonds. The Kier molecular flexibility index (Phi) is 20.4. The van der Waals surface area contributed by atoms with Crippen LogP contribution in [-0.2, 0) is 30.3 Å². The number of aliphatic hydroxyl groups excluding tert-OH is 3. The molecule has 520 valence electrons. The van der Waals surface area contributed by atoms with Gasteiger partial charge in [0.15, 0.2) is 41.0 Å². The molecule has 5 fully saturated rings. The van der Waals surface area contributed by atoms with Gasteiger partial charge in [0.1, 0.15) is 53.2 Å². The number of hydrogen-bond acceptors (Lipinski definition) is 21. The molecule has 14 atom stereocenters. The number of fused-ring (bicyclic) bond motifs is 9. The maximum Gasteiger partial charge on any atom is 0.198 e. The average molecular weight is 1380 g/mol. The number of ether oxygens (including phenoxy) is 3. The molecule has 20 nitrogen and oxygen atoms in total. The minimum absolute atomic E-state index is 0. The number of thiophene rings is 1. The number of phenols is 4. The van der Waals surface area contributed by atoms with Crippen molar-refractivity contribution in [1.29, 1.82) is 0 Å². The first-order valence-electron chi connectivity index (χ1n) is 33.4. The number of nitrogens with two attached hydrogens (primary N) is 1. The van der Waals surface area contributed by atoms with Crippen LogP contribution in [0.4, 0.5) is 0 Å². The maximum atomic E-state index is 13.6. The fraction of sp³-hybridized carbons (Fsp3) is 0.447. The number of phenolic OH excluding ortho intramolecular Hbond substituents is 4. The van der Waals surface area contributed by atoms with Gasteiger partial charge in [-0.2, -0.15) is 0 Å². The molecule has 14 rings (SSSR count). The van der Waals surface area contributed by atoms with Crippen LogP contribution < -0.4 is 10.5 Å². The van der Waals surface area contributed by atoms with E-state index >= 15 is 0 Å². The molecule has 1 aromatic heterocycles. The molecule has 0 bridgehead atoms. The summed E-state index contributed by atoms with van der Waals surface area (Å²) in [5, 5.41) is 96.1. The van der Waals surface area contributed by atoms with Gasteiger partial charge in [-0.05, 0) is 168 Å². The number of piperidine rings is 1. The Labute approximate surface area is 577 Å². The summed E-state index contributed by atoms with van der Waals surface area (Å²) >= 11 is 1.46. The number of benzene rings is 5. The number of nitrogens with zero attached hydrogens (tertiary/aromatic N) is 1. The number of likely N-dealkylation sites (tertiary alicyclic amines) is 1. The molecule has 0 unspecified atom stereocenters. The molecule has 6 aliphatic carbocycles. The second kappa shape index (κ2) is 27.9. The van der Waals surface area contributed by atoms with Crippen LogP contribution in [0.1, 0.15) is 157 Å². The van der Waals surface area contributed by atoms with Crippen LogP contribution >= 0.6 is 23.7 Å². The summed E-state index contributed by atoms with van der Waals surface area (Å²) in [6.07, 6.45) is 6.34. The van der Waals surface area contributed by atoms with E-state index in [2.05, 4.69) is 18.7 Å². The van der Waals surface area contributed by atoms with Crippen molar-refractivity contribution in [3.05, 3.63) is 159 Å². The largest absolute Gasteiger partial charge is 0.508 e. The zero-order valence-electron chi connectivity index (χ0n) is 55.3. The SMILES string of the molecule is CC(=O)[C@]1(O)Cc2c(O)c3c(c(O)c2[C@@H](O[C@H]2C[C@H](N)[C@H](O)[C@H](C)O2)C1)C(=O)c1ccccc1C3=O.C[C@H]1C[C@@H]2[C@H]([C@@H](O)C[C@@]3(C)[C@H]2CC[C@]3(O)C(=O)CO)[C@@]2(C)C=CC(=O)C=C12.Cl.O=C(c1ccc(OCCN2CCCCC2)cc1)c1c(-c2ccc(O)cc2)sc2cc(O)ccc12. The second-order valence-electron chi connectivity index (χ2n) is 28.2. The number of ketones is 6. The number of aliphatic hydroxyl groups is 5. The van der Waals surface area contributed by atoms with E-state index < -0.39 is 101 Å². The van der Waals surface area contributed by atoms with Crippen molar-refractivity contribution in [2.45, 2.75) is 147 Å². The third kappa shape index (κ3) is 12.7. The van der Waals surface area contributed by atoms with Crippen molar-refractivity contribution in [1.82, 2.24) is 4.90 Å². The monoisotopic (exact) mass is 1380 g/mol. The number of aromatic hydroxyl groups is 4. The van der Waals surface area contributed by atoms with Crippen LogP contribution in [0.25, 0.3) is 20.5 Å². The predicted octanol–water partition coefficient (Wildman–Crippen LogP) is 9.32. The highest BCUT2D eigenvalue weighted by molar-refractivity contribution is 7.22. The Hall–Kier alpha value is -7.51. The number of halogens is 1. The highest BCUT2D eigenvalue weighted by Crippen LogP contribution is 2.68. The third-order valence-corrected chi connectivity index (χ3v) is 23.5. The molecular weight excluding hydrogens is 1300 g/mol. The summed E-state index contributed by atoms with van der Waals surface area (Å²) in [6, 6.07) is 24.6. The standard InChI is InChI=1S/C28H27NO4S.C26H27NO9.C22H30O5.ClH/c30-21-8-4-20(5-9-21)28-26(24-13-10-22(31)18-25(24)34-28)27(32)19-6-11-23(12-7-19)33-17-16-29-14-2-1-3-15-29;1-10-21(29)15(27)7-17(35-10)36-16-9-26(34,11(2)28)8-14-18(16)25(33)20-19(24(14)32)22(30)12-5-3-4-6-13(12)23(20)31;1-12-8-14-15-5-7-22(27,18(26)11-23)21(15,3)10-17(25)19(14)20(2)6-4-13(24)9-16(12)20;/h4-13,18,30-31H,1-3,14-17H2;3-6,10,15-17,21,29,32-34H,7-9,27H2,1-2H3;4,6,9,12,14-15,17,19,23,25,27H,5,7-8,10-11H2,1-3H3;1H/t;10-,15-,16-,17-,21+,26-;12-,14-,15-,17-,19+,20-,21-,22-;/m.00./s1. The van der Waals surface area contributed by atoms with E-state index in [1.165, 1.54) is 49.7 Å². The predicted molar refractivity (Wildman–Crippen MR) is 367 cm³/mol. The lowest BCUT2D eigenvalue weighted by molar-refractivity contribution is -0.247. The van der Waals surface area contributed by atoms with Gasteiger partial charge in [-0.25, -0.2) is 0 Å². The molecule has 22 heteroatoms. The minimum Gasteiger partial charge on any atom is -0.508 e. The van der Waals surface area contributed by atoms with Gasteiger partial charge in [0, 0.05) is 96.9 Å². The van der Waals surface area contributed by atoms with Gasteiger partial charge in [0.25, 0.3) is 0 Å². The first-order chi connectivity index (χ1) is 46.1. The first kappa shape index (κ1) is 71.8. The van der Waals surface area contributed by atoms with Crippen LogP contribution in [0.3, 0.4) is 0 Å². The van der Waals surface area contributed by atoms with E-state index in [0.717, 1.165) is 64.3 Å². The van der Waals surface area contributed by atoms with Crippen LogP contribution in [0.5, 0.6) is 28.7 Å². The van der Waals surface area contributed by atoms with Crippen molar-refractivity contribution < 1.29 is 88.9 Å². The number of hydrogen-bond donors (Lipinski definition) is 10. The molecule has 6 aromatic rings. The van der Waals surface area contributed by atoms with E-state index in [1.54, 1.807) is 73.7 Å². The molecule has 5 aromatic carbocycles. The first-order valence-corrected chi connectivity index (χ1v) is 34.2. The van der Waals surface area contributed by atoms with E-state index in [0.29, 0.717) is 30.6 Å². The molecule has 8 aliphatic rings. The average Bonchev–Trinajstić information content (AvgIpc) is 1.14. The summed E-state index contributed by atoms with van der Waals surface area (Å²) in [5.41, 5.74) is 3.82. The number of Topliss-reactive ketones (excluding diaryl/α,β-unsaturated/α-hetero) is 2. The zero-order valence-corrected chi connectivity index (χ0v) is 56.9. The third-order valence-electron chi connectivity index (χ3n) is 22.3. The van der Waals surface area contributed by atoms with Gasteiger partial charge >= 0.3 is 0 Å². The second-order valence-corrected chi connectivity index (χ2v) is 29.2. The van der Waals surface area contributed by atoms with Crippen LogP contribution in [0, 0.1) is 34.5 Å². The number of carbonyl (C=O) groups is 6. The Morgan fingerprint density at radius 2 is 1.47 bits per heavy atom. The quantitative estimate of drug-likeness (QED) is 0.0402. The smallest absolute Gasteiger partial charge is 0.198 e. The highest BCUT2D eigenvalue weighted by Gasteiger charge is 2.68. The number of carbonyl (C=O) groups excluding carboxylic acids is 6. The summed E-state index contributed by atoms with van der Waals surface area (Å²) in [6.45, 7) is 12.1. The molecule has 0 radical (unpaired) electrons. The molecule has 98 heavy (non-hydrogen) atoms. The maximum absolute atomic E-state index is 13.6. The van der Waals surface area contributed by atoms with Crippen molar-refractivity contribution in [2.24, 2.45) is 40.2 Å². The molecular formula is C76H85ClN2O18S. The van der Waals surface area contributed by atoms with E-state index in [1.807, 2.05) is 37.3 Å². The summed E-state index contributed by atoms with van der Waals surface area (Å²) in [4.78, 5) is 80.3. The van der Waals surface area contributed by atoms with Crippen LogP contribution in [-0.4, -0.2) is 160 Å². The summed E-state index contributed by atoms with van der Waals surface area (Å²) in [5.74, 6) is -2.12. The van der Waals surface area contributed by atoms with E-state index in [4.69, 9.17) is 19.9 Å². The lowest BCUT2D eigenvalue weighted by Crippen LogP contribution is -2.62.